The van der Waals surface area contributed by atoms with Gasteiger partial charge in [-0.2, -0.15) is 8.78 Å². The lowest BCUT2D eigenvalue weighted by Crippen LogP contribution is -2.05. The first-order chi connectivity index (χ1) is 4.50. The first-order valence-electron chi connectivity index (χ1n) is 2.60. The first kappa shape index (κ1) is 10.6. The number of aromatic nitrogens is 1. The van der Waals surface area contributed by atoms with Crippen LogP contribution in [0.15, 0.2) is 6.20 Å². The van der Waals surface area contributed by atoms with Crippen molar-refractivity contribution in [2.45, 2.75) is 12.8 Å². The molecular formula is C5H7ClF2N2S. The monoisotopic (exact) mass is 200 g/mol. The van der Waals surface area contributed by atoms with E-state index >= 15 is 0 Å². The summed E-state index contributed by atoms with van der Waals surface area (Å²) in [6.07, 6.45) is 1.23. The number of thiazole rings is 1. The third-order valence-corrected chi connectivity index (χ3v) is 1.90. The molecule has 2 nitrogen and oxygen atoms in total. The number of nitrogens with two attached hydrogens (primary N) is 1. The SMILES string of the molecule is CC(F)(F)c1ncc(N)s1.Cl. The summed E-state index contributed by atoms with van der Waals surface area (Å²) in [6.45, 7) is 0.797. The number of nitrogens with zero attached hydrogens (tertiary/aromatic N) is 1. The summed E-state index contributed by atoms with van der Waals surface area (Å²) in [7, 11) is 0. The van der Waals surface area contributed by atoms with E-state index in [-0.39, 0.29) is 17.4 Å². The fourth-order valence-corrected chi connectivity index (χ4v) is 1.10. The maximum absolute atomic E-state index is 12.4. The Labute approximate surface area is 72.8 Å². The molecule has 2 N–H and O–H groups in total. The van der Waals surface area contributed by atoms with E-state index in [4.69, 9.17) is 5.73 Å². The molecule has 64 valence electrons. The fraction of sp³-hybridized carbons (Fsp3) is 0.400. The molecule has 0 spiro atoms. The summed E-state index contributed by atoms with van der Waals surface area (Å²) in [6, 6.07) is 0. The van der Waals surface area contributed by atoms with Crippen LogP contribution in [0.2, 0.25) is 0 Å². The molecule has 0 saturated heterocycles. The first-order valence-corrected chi connectivity index (χ1v) is 3.41. The molecule has 0 saturated carbocycles. The third-order valence-electron chi connectivity index (χ3n) is 0.899. The standard InChI is InChI=1S/C5H6F2N2S.ClH/c1-5(6,7)4-9-2-3(8)10-4;/h2H,8H2,1H3;1H. The zero-order chi connectivity index (χ0) is 7.78. The van der Waals surface area contributed by atoms with Crippen molar-refractivity contribution in [2.24, 2.45) is 0 Å². The van der Waals surface area contributed by atoms with Gasteiger partial charge in [0.05, 0.1) is 6.20 Å². The molecule has 0 fully saturated rings. The van der Waals surface area contributed by atoms with Crippen LogP contribution in [0.1, 0.15) is 11.9 Å². The van der Waals surface area contributed by atoms with Crippen LogP contribution in [0.25, 0.3) is 0 Å². The quantitative estimate of drug-likeness (QED) is 0.755. The Morgan fingerprint density at radius 1 is 1.64 bits per heavy atom. The topological polar surface area (TPSA) is 38.9 Å². The average molecular weight is 201 g/mol. The minimum absolute atomic E-state index is 0. The van der Waals surface area contributed by atoms with Gasteiger partial charge in [-0.05, 0) is 0 Å². The van der Waals surface area contributed by atoms with Crippen LogP contribution in [0.4, 0.5) is 13.8 Å². The average Bonchev–Trinajstić information content (AvgIpc) is 2.11. The molecule has 0 aliphatic rings. The van der Waals surface area contributed by atoms with Gasteiger partial charge in [-0.15, -0.1) is 12.4 Å². The van der Waals surface area contributed by atoms with Gasteiger partial charge in [0.2, 0.25) is 0 Å². The van der Waals surface area contributed by atoms with Gasteiger partial charge < -0.3 is 5.73 Å². The Balaban J connectivity index is 0.000001000. The minimum atomic E-state index is -2.86. The van der Waals surface area contributed by atoms with E-state index in [1.165, 1.54) is 6.20 Å². The van der Waals surface area contributed by atoms with Crippen LogP contribution >= 0.6 is 23.7 Å². The van der Waals surface area contributed by atoms with Gasteiger partial charge in [-0.3, -0.25) is 0 Å². The van der Waals surface area contributed by atoms with E-state index in [1.54, 1.807) is 0 Å². The van der Waals surface area contributed by atoms with Gasteiger partial charge in [0.25, 0.3) is 5.92 Å². The predicted octanol–water partition coefficient (Wildman–Crippen LogP) is 2.26. The predicted molar refractivity (Wildman–Crippen MR) is 43.3 cm³/mol. The molecule has 0 bridgehead atoms. The van der Waals surface area contributed by atoms with Crippen molar-refractivity contribution >= 4 is 28.7 Å². The van der Waals surface area contributed by atoms with Crippen LogP contribution in [0.3, 0.4) is 0 Å². The summed E-state index contributed by atoms with van der Waals surface area (Å²) in [4.78, 5) is 3.43. The van der Waals surface area contributed by atoms with Gasteiger partial charge in [-0.1, -0.05) is 11.3 Å². The van der Waals surface area contributed by atoms with Crippen LogP contribution in [0.5, 0.6) is 0 Å². The Bertz CT molecular complexity index is 233. The van der Waals surface area contributed by atoms with Crippen LogP contribution in [0, 0.1) is 0 Å². The summed E-state index contributed by atoms with van der Waals surface area (Å²) < 4.78 is 24.7. The van der Waals surface area contributed by atoms with Crippen molar-refractivity contribution in [3.8, 4) is 0 Å². The van der Waals surface area contributed by atoms with E-state index in [1.807, 2.05) is 0 Å². The zero-order valence-electron chi connectivity index (χ0n) is 5.67. The lowest BCUT2D eigenvalue weighted by Gasteiger charge is -2.03. The lowest BCUT2D eigenvalue weighted by atomic mass is 10.4. The Kier molecular flexibility index (Phi) is 3.19. The largest absolute Gasteiger partial charge is 0.389 e. The van der Waals surface area contributed by atoms with Gasteiger partial charge in [-0.25, -0.2) is 4.98 Å². The van der Waals surface area contributed by atoms with Gasteiger partial charge in [0, 0.05) is 6.92 Å². The van der Waals surface area contributed by atoms with E-state index in [2.05, 4.69) is 4.98 Å². The number of anilines is 1. The third kappa shape index (κ3) is 2.59. The highest BCUT2D eigenvalue weighted by molar-refractivity contribution is 7.15. The molecule has 1 aromatic heterocycles. The van der Waals surface area contributed by atoms with E-state index in [0.29, 0.717) is 5.00 Å². The van der Waals surface area contributed by atoms with Gasteiger partial charge in [0.15, 0.2) is 5.01 Å². The maximum atomic E-state index is 12.4. The highest BCUT2D eigenvalue weighted by Crippen LogP contribution is 2.31. The van der Waals surface area contributed by atoms with Gasteiger partial charge in [0.1, 0.15) is 5.00 Å². The molecule has 0 amide bonds. The highest BCUT2D eigenvalue weighted by Gasteiger charge is 2.27. The lowest BCUT2D eigenvalue weighted by molar-refractivity contribution is 0.0172. The van der Waals surface area contributed by atoms with Crippen molar-refractivity contribution in [1.82, 2.24) is 4.98 Å². The smallest absolute Gasteiger partial charge is 0.296 e. The number of rotatable bonds is 1. The van der Waals surface area contributed by atoms with E-state index < -0.39 is 5.92 Å². The molecule has 0 aliphatic carbocycles. The Morgan fingerprint density at radius 3 is 2.36 bits per heavy atom. The summed E-state index contributed by atoms with van der Waals surface area (Å²) in [5.41, 5.74) is 5.20. The minimum Gasteiger partial charge on any atom is -0.389 e. The Hall–Kier alpha value is -0.420. The molecule has 0 aromatic carbocycles. The summed E-state index contributed by atoms with van der Waals surface area (Å²) >= 11 is 0.811. The van der Waals surface area contributed by atoms with Crippen molar-refractivity contribution in [2.75, 3.05) is 5.73 Å². The molecule has 6 heteroatoms. The van der Waals surface area contributed by atoms with E-state index in [9.17, 15) is 8.78 Å². The summed E-state index contributed by atoms with van der Waals surface area (Å²) in [5, 5.41) is 0.0847. The van der Waals surface area contributed by atoms with E-state index in [0.717, 1.165) is 18.3 Å². The van der Waals surface area contributed by atoms with Crippen molar-refractivity contribution < 1.29 is 8.78 Å². The summed E-state index contributed by atoms with van der Waals surface area (Å²) in [5.74, 6) is -2.86. The molecule has 1 aromatic rings. The van der Waals surface area contributed by atoms with Crippen molar-refractivity contribution in [3.05, 3.63) is 11.2 Å². The number of halogens is 3. The fourth-order valence-electron chi connectivity index (χ4n) is 0.490. The Morgan fingerprint density at radius 2 is 2.18 bits per heavy atom. The van der Waals surface area contributed by atoms with Crippen molar-refractivity contribution in [3.63, 3.8) is 0 Å². The second-order valence-corrected chi connectivity index (χ2v) is 3.02. The molecular weight excluding hydrogens is 194 g/mol. The second kappa shape index (κ2) is 3.32. The van der Waals surface area contributed by atoms with Crippen LogP contribution < -0.4 is 5.73 Å². The maximum Gasteiger partial charge on any atom is 0.296 e. The van der Waals surface area contributed by atoms with Gasteiger partial charge >= 0.3 is 0 Å². The molecule has 1 heterocycles. The highest BCUT2D eigenvalue weighted by atomic mass is 35.5. The number of hydrogen-bond donors (Lipinski definition) is 1. The van der Waals surface area contributed by atoms with Crippen LogP contribution in [-0.4, -0.2) is 4.98 Å². The molecule has 1 rings (SSSR count). The normalized spacial score (nSPS) is 10.8. The zero-order valence-corrected chi connectivity index (χ0v) is 7.31. The molecule has 11 heavy (non-hydrogen) atoms. The second-order valence-electron chi connectivity index (χ2n) is 1.96. The molecule has 0 aliphatic heterocycles. The molecule has 0 radical (unpaired) electrons. The number of nitrogen functional groups attached to an aromatic ring is 1. The molecule has 0 unspecified atom stereocenters. The van der Waals surface area contributed by atoms with Crippen molar-refractivity contribution in [1.29, 1.82) is 0 Å². The number of alkyl halides is 2. The number of hydrogen-bond acceptors (Lipinski definition) is 3. The molecule has 0 atom stereocenters. The van der Waals surface area contributed by atoms with Crippen LogP contribution in [-0.2, 0) is 5.92 Å².